The summed E-state index contributed by atoms with van der Waals surface area (Å²) < 4.78 is 23.3. The number of carbonyl (C=O) groups is 1. The first kappa shape index (κ1) is 65.0. The minimum Gasteiger partial charge on any atom is -0.756 e. The molecule has 0 saturated carbocycles. The fourth-order valence-corrected chi connectivity index (χ4v) is 9.38. The smallest absolute Gasteiger partial charge is 0.268 e. The van der Waals surface area contributed by atoms with Crippen molar-refractivity contribution in [3.05, 3.63) is 24.3 Å². The highest BCUT2D eigenvalue weighted by atomic mass is 31.2. The average Bonchev–Trinajstić information content (AvgIpc) is 3.28. The Morgan fingerprint density at radius 1 is 0.530 bits per heavy atom. The molecule has 66 heavy (non-hydrogen) atoms. The highest BCUT2D eigenvalue weighted by Crippen LogP contribution is 2.38. The van der Waals surface area contributed by atoms with Crippen LogP contribution < -0.4 is 10.2 Å². The number of phosphoric ester groups is 1. The quantitative estimate of drug-likeness (QED) is 0.0272. The maximum atomic E-state index is 12.9. The molecule has 0 aromatic rings. The molecule has 9 heteroatoms. The van der Waals surface area contributed by atoms with E-state index in [1.54, 1.807) is 0 Å². The van der Waals surface area contributed by atoms with E-state index in [0.29, 0.717) is 23.9 Å². The van der Waals surface area contributed by atoms with Gasteiger partial charge >= 0.3 is 0 Å². The minimum absolute atomic E-state index is 0.0140. The van der Waals surface area contributed by atoms with Crippen LogP contribution >= 0.6 is 7.82 Å². The van der Waals surface area contributed by atoms with Gasteiger partial charge in [-0.3, -0.25) is 9.36 Å². The van der Waals surface area contributed by atoms with E-state index in [-0.39, 0.29) is 19.1 Å². The minimum atomic E-state index is -4.56. The van der Waals surface area contributed by atoms with Gasteiger partial charge < -0.3 is 28.8 Å². The Bertz CT molecular complexity index is 1130. The van der Waals surface area contributed by atoms with Crippen LogP contribution in [0.1, 0.15) is 284 Å². The predicted octanol–water partition coefficient (Wildman–Crippen LogP) is 16.6. The van der Waals surface area contributed by atoms with Crippen LogP contribution in [-0.4, -0.2) is 68.5 Å². The molecular weight excluding hydrogens is 840 g/mol. The van der Waals surface area contributed by atoms with Gasteiger partial charge in [-0.25, -0.2) is 0 Å². The third kappa shape index (κ3) is 50.8. The van der Waals surface area contributed by atoms with Gasteiger partial charge in [0.05, 0.1) is 39.9 Å². The molecule has 3 atom stereocenters. The van der Waals surface area contributed by atoms with Gasteiger partial charge in [0.1, 0.15) is 13.2 Å². The van der Waals surface area contributed by atoms with E-state index in [0.717, 1.165) is 44.9 Å². The molecule has 0 aliphatic carbocycles. The van der Waals surface area contributed by atoms with Gasteiger partial charge in [-0.15, -0.1) is 0 Å². The van der Waals surface area contributed by atoms with Crippen LogP contribution in [0, 0.1) is 0 Å². The Hall–Kier alpha value is -1.02. The summed E-state index contributed by atoms with van der Waals surface area (Å²) in [6.45, 7) is 4.73. The molecule has 0 spiro atoms. The van der Waals surface area contributed by atoms with E-state index >= 15 is 0 Å². The van der Waals surface area contributed by atoms with Crippen molar-refractivity contribution in [3.63, 3.8) is 0 Å². The van der Waals surface area contributed by atoms with Crippen molar-refractivity contribution in [1.29, 1.82) is 0 Å². The normalized spacial score (nSPS) is 14.1. The lowest BCUT2D eigenvalue weighted by atomic mass is 10.0. The number of amides is 1. The molecule has 0 aliphatic rings. The van der Waals surface area contributed by atoms with E-state index in [1.807, 2.05) is 21.1 Å². The lowest BCUT2D eigenvalue weighted by Crippen LogP contribution is -2.46. The van der Waals surface area contributed by atoms with Gasteiger partial charge in [0.25, 0.3) is 7.82 Å². The van der Waals surface area contributed by atoms with Crippen LogP contribution in [0.4, 0.5) is 0 Å². The second-order valence-electron chi connectivity index (χ2n) is 21.0. The number of quaternary nitrogens is 1. The van der Waals surface area contributed by atoms with Crippen LogP contribution in [0.25, 0.3) is 0 Å². The van der Waals surface area contributed by atoms with Crippen LogP contribution in [0.3, 0.4) is 0 Å². The Morgan fingerprint density at radius 2 is 0.879 bits per heavy atom. The molecule has 0 saturated heterocycles. The summed E-state index contributed by atoms with van der Waals surface area (Å²) >= 11 is 0. The molecule has 0 radical (unpaired) electrons. The second kappa shape index (κ2) is 49.0. The maximum absolute atomic E-state index is 12.9. The number of phosphoric acid groups is 1. The molecule has 3 unspecified atom stereocenters. The van der Waals surface area contributed by atoms with E-state index in [4.69, 9.17) is 9.05 Å². The van der Waals surface area contributed by atoms with Crippen molar-refractivity contribution >= 4 is 13.7 Å². The molecule has 0 fully saturated rings. The average molecular weight is 954 g/mol. The van der Waals surface area contributed by atoms with Crippen molar-refractivity contribution in [2.45, 2.75) is 296 Å². The first-order chi connectivity index (χ1) is 32.0. The highest BCUT2D eigenvalue weighted by molar-refractivity contribution is 7.45. The summed E-state index contributed by atoms with van der Waals surface area (Å²) in [5.74, 6) is -0.162. The molecule has 0 bridgehead atoms. The van der Waals surface area contributed by atoms with Gasteiger partial charge in [0.2, 0.25) is 5.91 Å². The number of hydrogen-bond acceptors (Lipinski definition) is 6. The Kier molecular flexibility index (Phi) is 48.2. The van der Waals surface area contributed by atoms with E-state index in [9.17, 15) is 19.4 Å². The summed E-state index contributed by atoms with van der Waals surface area (Å²) in [6.07, 6.45) is 60.9. The fourth-order valence-electron chi connectivity index (χ4n) is 8.66. The van der Waals surface area contributed by atoms with Crippen molar-refractivity contribution in [1.82, 2.24) is 5.32 Å². The Balaban J connectivity index is 3.94. The second-order valence-corrected chi connectivity index (χ2v) is 22.4. The predicted molar refractivity (Wildman–Crippen MR) is 284 cm³/mol. The highest BCUT2D eigenvalue weighted by Gasteiger charge is 2.24. The van der Waals surface area contributed by atoms with Crippen molar-refractivity contribution < 1.29 is 32.9 Å². The van der Waals surface area contributed by atoms with Gasteiger partial charge in [0.15, 0.2) is 0 Å². The molecule has 0 aliphatic heterocycles. The van der Waals surface area contributed by atoms with E-state index in [2.05, 4.69) is 43.5 Å². The molecule has 0 aromatic carbocycles. The molecule has 1 amide bonds. The zero-order valence-electron chi connectivity index (χ0n) is 44.7. The zero-order chi connectivity index (χ0) is 48.5. The van der Waals surface area contributed by atoms with Gasteiger partial charge in [-0.05, 0) is 44.9 Å². The first-order valence-electron chi connectivity index (χ1n) is 28.7. The summed E-state index contributed by atoms with van der Waals surface area (Å²) in [7, 11) is 1.31. The number of allylic oxidation sites excluding steroid dienone is 4. The topological polar surface area (TPSA) is 108 Å². The van der Waals surface area contributed by atoms with Crippen molar-refractivity contribution in [3.8, 4) is 0 Å². The molecule has 0 rings (SSSR count). The number of nitrogens with one attached hydrogen (secondary N) is 1. The summed E-state index contributed by atoms with van der Waals surface area (Å²) in [6, 6.07) is -0.797. The molecule has 8 nitrogen and oxygen atoms in total. The number of aliphatic hydroxyl groups is 1. The van der Waals surface area contributed by atoms with Crippen molar-refractivity contribution in [2.75, 3.05) is 40.9 Å². The summed E-state index contributed by atoms with van der Waals surface area (Å²) in [5.41, 5.74) is 0. The number of aliphatic hydroxyl groups excluding tert-OH is 1. The Labute approximate surface area is 411 Å². The third-order valence-electron chi connectivity index (χ3n) is 13.2. The SMILES string of the molecule is CCCCCCCCCCC/C=C\C/C=C\CCCCCCCCCCCCCCCCCCCC(=O)NC(COP(=O)([O-])OCC[N+](C)(C)C)C(O)CCCCCCCCCCCCC. The zero-order valence-corrected chi connectivity index (χ0v) is 45.6. The number of nitrogens with zero attached hydrogens (tertiary/aromatic N) is 1. The van der Waals surface area contributed by atoms with Crippen LogP contribution in [0.5, 0.6) is 0 Å². The first-order valence-corrected chi connectivity index (χ1v) is 30.1. The van der Waals surface area contributed by atoms with Crippen molar-refractivity contribution in [2.24, 2.45) is 0 Å². The molecular formula is C57H113N2O6P. The molecule has 0 heterocycles. The lowest BCUT2D eigenvalue weighted by Gasteiger charge is -2.30. The van der Waals surface area contributed by atoms with Crippen LogP contribution in [0.15, 0.2) is 24.3 Å². The van der Waals surface area contributed by atoms with E-state index < -0.39 is 20.0 Å². The fraction of sp³-hybridized carbons (Fsp3) is 0.912. The molecule has 2 N–H and O–H groups in total. The number of rotatable bonds is 53. The van der Waals surface area contributed by atoms with E-state index in [1.165, 1.54) is 212 Å². The summed E-state index contributed by atoms with van der Waals surface area (Å²) in [4.78, 5) is 25.4. The van der Waals surface area contributed by atoms with Gasteiger partial charge in [0, 0.05) is 6.42 Å². The third-order valence-corrected chi connectivity index (χ3v) is 14.2. The van der Waals surface area contributed by atoms with Gasteiger partial charge in [-0.1, -0.05) is 256 Å². The number of carbonyl (C=O) groups excluding carboxylic acids is 1. The number of hydrogen-bond donors (Lipinski definition) is 2. The molecule has 392 valence electrons. The Morgan fingerprint density at radius 3 is 1.26 bits per heavy atom. The van der Waals surface area contributed by atoms with Crippen LogP contribution in [-0.2, 0) is 18.4 Å². The molecule has 0 aromatic heterocycles. The lowest BCUT2D eigenvalue weighted by molar-refractivity contribution is -0.870. The standard InChI is InChI=1S/C57H113N2O6P/c1-6-8-10-12-14-16-18-19-20-21-22-23-24-25-26-27-28-29-30-31-32-33-34-35-36-37-38-39-41-43-45-47-49-51-57(61)58-55(54-65-66(62,63)64-53-52-59(3,4)5)56(60)50-48-46-44-42-40-17-15-13-11-9-7-2/h22-23,25-26,55-56,60H,6-21,24,27-54H2,1-5H3,(H-,58,61,62,63)/b23-22-,26-25-. The van der Waals surface area contributed by atoms with Gasteiger partial charge in [-0.2, -0.15) is 0 Å². The maximum Gasteiger partial charge on any atom is 0.268 e. The van der Waals surface area contributed by atoms with Crippen LogP contribution in [0.2, 0.25) is 0 Å². The monoisotopic (exact) mass is 953 g/mol. The number of unbranched alkanes of at least 4 members (excludes halogenated alkanes) is 36. The number of likely N-dealkylation sites (N-methyl/N-ethyl adjacent to an activating group) is 1. The largest absolute Gasteiger partial charge is 0.756 e. The summed E-state index contributed by atoms with van der Waals surface area (Å²) in [5, 5.41) is 13.9.